The van der Waals surface area contributed by atoms with Crippen LogP contribution in [-0.4, -0.2) is 62.4 Å². The lowest BCUT2D eigenvalue weighted by atomic mass is 9.68. The van der Waals surface area contributed by atoms with Crippen LogP contribution in [0.1, 0.15) is 46.3 Å². The van der Waals surface area contributed by atoms with Gasteiger partial charge in [0.2, 0.25) is 0 Å². The van der Waals surface area contributed by atoms with E-state index in [-0.39, 0.29) is 17.8 Å². The lowest BCUT2D eigenvalue weighted by Gasteiger charge is -2.43. The van der Waals surface area contributed by atoms with Crippen LogP contribution in [0.25, 0.3) is 0 Å². The maximum atomic E-state index is 13.3. The summed E-state index contributed by atoms with van der Waals surface area (Å²) < 4.78 is 17.0. The number of hydrogen-bond acceptors (Lipinski definition) is 6. The number of likely N-dealkylation sites (tertiary alicyclic amines) is 1. The van der Waals surface area contributed by atoms with Gasteiger partial charge in [-0.1, -0.05) is 91.0 Å². The molecule has 1 atom stereocenters. The average Bonchev–Trinajstić information content (AvgIpc) is 3.07. The van der Waals surface area contributed by atoms with Crippen molar-refractivity contribution in [2.24, 2.45) is 0 Å². The number of Topliss-reactive ketones (excluding diaryl/α,β-unsaturated/α-hetero) is 1. The second kappa shape index (κ2) is 14.4. The smallest absolute Gasteiger partial charge is 0.167 e. The van der Waals surface area contributed by atoms with Gasteiger partial charge in [-0.2, -0.15) is 0 Å². The van der Waals surface area contributed by atoms with E-state index in [2.05, 4.69) is 65.6 Å². The Kier molecular flexibility index (Phi) is 10.1. The summed E-state index contributed by atoms with van der Waals surface area (Å²) in [6.45, 7) is 2.28. The Morgan fingerprint density at radius 1 is 0.791 bits per heavy atom. The number of carbonyl (C=O) groups is 1. The van der Waals surface area contributed by atoms with E-state index in [1.807, 2.05) is 30.3 Å². The molecule has 0 amide bonds. The number of nitrogens with zero attached hydrogens (tertiary/aromatic N) is 1. The molecule has 1 unspecified atom stereocenters. The van der Waals surface area contributed by atoms with Gasteiger partial charge in [0.05, 0.1) is 19.8 Å². The van der Waals surface area contributed by atoms with Crippen molar-refractivity contribution in [3.8, 4) is 17.2 Å². The van der Waals surface area contributed by atoms with E-state index in [1.165, 1.54) is 11.1 Å². The molecule has 1 aliphatic heterocycles. The molecule has 0 saturated carbocycles. The van der Waals surface area contributed by atoms with Gasteiger partial charge in [-0.15, -0.1) is 0 Å². The van der Waals surface area contributed by atoms with Crippen molar-refractivity contribution < 1.29 is 24.1 Å². The summed E-state index contributed by atoms with van der Waals surface area (Å²) in [6.07, 6.45) is 2.16. The normalized spacial score (nSPS) is 15.4. The molecule has 0 spiro atoms. The minimum atomic E-state index is -0.721. The lowest BCUT2D eigenvalue weighted by molar-refractivity contribution is 0.0536. The van der Waals surface area contributed by atoms with Gasteiger partial charge in [0.15, 0.2) is 17.3 Å². The Bertz CT molecular complexity index is 1410. The van der Waals surface area contributed by atoms with Crippen LogP contribution in [0.15, 0.2) is 103 Å². The number of ketones is 1. The molecule has 1 heterocycles. The molecular weight excluding hydrogens is 538 g/mol. The first-order valence-corrected chi connectivity index (χ1v) is 15.0. The van der Waals surface area contributed by atoms with Gasteiger partial charge in [0, 0.05) is 24.4 Å². The molecule has 1 saturated heterocycles. The Morgan fingerprint density at radius 3 is 1.88 bits per heavy atom. The molecular formula is C37H41NO5. The van der Waals surface area contributed by atoms with E-state index in [4.69, 9.17) is 14.2 Å². The van der Waals surface area contributed by atoms with Crippen molar-refractivity contribution >= 4 is 5.78 Å². The maximum Gasteiger partial charge on any atom is 0.167 e. The summed E-state index contributed by atoms with van der Waals surface area (Å²) in [5.41, 5.74) is 4.15. The SMILES string of the molecule is COc1cc(OCC(O)CN2CCC(c3ccccc3)(c3ccccc3)CC2)c(C(=O)CCc2ccccc2)cc1OC. The van der Waals surface area contributed by atoms with Crippen molar-refractivity contribution in [3.63, 3.8) is 0 Å². The fourth-order valence-electron chi connectivity index (χ4n) is 6.15. The van der Waals surface area contributed by atoms with Crippen molar-refractivity contribution in [1.82, 2.24) is 4.90 Å². The molecule has 1 N–H and O–H groups in total. The molecule has 6 heteroatoms. The third-order valence-electron chi connectivity index (χ3n) is 8.53. The van der Waals surface area contributed by atoms with Crippen LogP contribution in [0.4, 0.5) is 0 Å². The number of rotatable bonds is 13. The van der Waals surface area contributed by atoms with Crippen LogP contribution in [0.3, 0.4) is 0 Å². The Hall–Kier alpha value is -4.13. The number of methoxy groups -OCH3 is 2. The first-order chi connectivity index (χ1) is 21.0. The molecule has 0 bridgehead atoms. The highest BCUT2D eigenvalue weighted by Gasteiger charge is 2.38. The molecule has 1 aliphatic rings. The van der Waals surface area contributed by atoms with Crippen LogP contribution in [-0.2, 0) is 11.8 Å². The van der Waals surface area contributed by atoms with Gasteiger partial charge in [-0.05, 0) is 55.1 Å². The first kappa shape index (κ1) is 30.3. The molecule has 0 aromatic heterocycles. The highest BCUT2D eigenvalue weighted by Crippen LogP contribution is 2.42. The summed E-state index contributed by atoms with van der Waals surface area (Å²) in [7, 11) is 3.10. The molecule has 4 aromatic rings. The van der Waals surface area contributed by atoms with Crippen LogP contribution in [0, 0.1) is 0 Å². The number of ether oxygens (including phenoxy) is 3. The van der Waals surface area contributed by atoms with Gasteiger partial charge in [-0.25, -0.2) is 0 Å². The molecule has 0 radical (unpaired) electrons. The maximum absolute atomic E-state index is 13.3. The fourth-order valence-corrected chi connectivity index (χ4v) is 6.15. The predicted octanol–water partition coefficient (Wildman–Crippen LogP) is 6.34. The third kappa shape index (κ3) is 7.27. The third-order valence-corrected chi connectivity index (χ3v) is 8.53. The minimum Gasteiger partial charge on any atom is -0.493 e. The Morgan fingerprint density at radius 2 is 1.33 bits per heavy atom. The second-order valence-corrected chi connectivity index (χ2v) is 11.2. The number of benzene rings is 4. The zero-order valence-electron chi connectivity index (χ0n) is 25.1. The van der Waals surface area contributed by atoms with Crippen molar-refractivity contribution in [2.45, 2.75) is 37.2 Å². The van der Waals surface area contributed by atoms with Crippen LogP contribution < -0.4 is 14.2 Å². The van der Waals surface area contributed by atoms with Gasteiger partial charge in [0.1, 0.15) is 18.5 Å². The number of β-amino-alcohol motifs (C(OH)–C–C–N with tert-alkyl or cyclic N) is 1. The van der Waals surface area contributed by atoms with E-state index in [0.29, 0.717) is 42.2 Å². The van der Waals surface area contributed by atoms with Crippen LogP contribution in [0.5, 0.6) is 17.2 Å². The van der Waals surface area contributed by atoms with Crippen molar-refractivity contribution in [1.29, 1.82) is 0 Å². The molecule has 4 aromatic carbocycles. The van der Waals surface area contributed by atoms with Crippen molar-refractivity contribution in [3.05, 3.63) is 125 Å². The molecule has 6 nitrogen and oxygen atoms in total. The van der Waals surface area contributed by atoms with Crippen LogP contribution in [0.2, 0.25) is 0 Å². The van der Waals surface area contributed by atoms with Gasteiger partial charge in [0.25, 0.3) is 0 Å². The Labute approximate surface area is 254 Å². The van der Waals surface area contributed by atoms with Gasteiger partial charge >= 0.3 is 0 Å². The Balaban J connectivity index is 1.23. The summed E-state index contributed by atoms with van der Waals surface area (Å²) in [5, 5.41) is 11.0. The molecule has 5 rings (SSSR count). The molecule has 224 valence electrons. The number of aryl methyl sites for hydroxylation is 1. The second-order valence-electron chi connectivity index (χ2n) is 11.2. The predicted molar refractivity (Wildman–Crippen MR) is 169 cm³/mol. The van der Waals surface area contributed by atoms with E-state index in [0.717, 1.165) is 31.5 Å². The van der Waals surface area contributed by atoms with E-state index in [1.54, 1.807) is 26.4 Å². The number of piperidine rings is 1. The summed E-state index contributed by atoms with van der Waals surface area (Å²) in [5.74, 6) is 1.27. The van der Waals surface area contributed by atoms with E-state index < -0.39 is 6.10 Å². The highest BCUT2D eigenvalue weighted by molar-refractivity contribution is 5.99. The standard InChI is InChI=1S/C37H41NO5/c1-41-35-24-32(33(40)19-18-28-12-6-3-7-13-28)34(25-36(35)42-2)43-27-31(39)26-38-22-20-37(21-23-38,29-14-8-4-9-15-29)30-16-10-5-11-17-30/h3-17,24-25,31,39H,18-23,26-27H2,1-2H3. The number of hydrogen-bond donors (Lipinski definition) is 1. The number of aliphatic hydroxyl groups excluding tert-OH is 1. The summed E-state index contributed by atoms with van der Waals surface area (Å²) in [6, 6.07) is 34.8. The zero-order chi connectivity index (χ0) is 30.1. The average molecular weight is 580 g/mol. The highest BCUT2D eigenvalue weighted by atomic mass is 16.5. The lowest BCUT2D eigenvalue weighted by Crippen LogP contribution is -2.46. The fraction of sp³-hybridized carbons (Fsp3) is 0.324. The van der Waals surface area contributed by atoms with E-state index in [9.17, 15) is 9.90 Å². The monoisotopic (exact) mass is 579 g/mol. The quantitative estimate of drug-likeness (QED) is 0.187. The number of carbonyl (C=O) groups excluding carboxylic acids is 1. The zero-order valence-corrected chi connectivity index (χ0v) is 25.1. The molecule has 43 heavy (non-hydrogen) atoms. The molecule has 1 fully saturated rings. The van der Waals surface area contributed by atoms with Crippen molar-refractivity contribution in [2.75, 3.05) is 40.5 Å². The minimum absolute atomic E-state index is 0.0465. The van der Waals surface area contributed by atoms with Crippen LogP contribution >= 0.6 is 0 Å². The number of aliphatic hydroxyl groups is 1. The first-order valence-electron chi connectivity index (χ1n) is 15.0. The van der Waals surface area contributed by atoms with Gasteiger partial charge < -0.3 is 24.2 Å². The molecule has 0 aliphatic carbocycles. The summed E-state index contributed by atoms with van der Waals surface area (Å²) in [4.78, 5) is 15.6. The largest absolute Gasteiger partial charge is 0.493 e. The topological polar surface area (TPSA) is 68.2 Å². The van der Waals surface area contributed by atoms with Gasteiger partial charge in [-0.3, -0.25) is 4.79 Å². The summed E-state index contributed by atoms with van der Waals surface area (Å²) >= 11 is 0. The van der Waals surface area contributed by atoms with E-state index >= 15 is 0 Å².